The second kappa shape index (κ2) is 7.02. The van der Waals surface area contributed by atoms with Crippen molar-refractivity contribution in [3.8, 4) is 6.07 Å². The van der Waals surface area contributed by atoms with E-state index >= 15 is 0 Å². The summed E-state index contributed by atoms with van der Waals surface area (Å²) >= 11 is 0. The van der Waals surface area contributed by atoms with E-state index in [2.05, 4.69) is 61.5 Å². The first-order chi connectivity index (χ1) is 13.1. The molecule has 3 aromatic rings. The van der Waals surface area contributed by atoms with Crippen molar-refractivity contribution in [1.82, 2.24) is 0 Å². The van der Waals surface area contributed by atoms with Gasteiger partial charge < -0.3 is 4.74 Å². The molecular formula is C25H23NO. The zero-order chi connectivity index (χ0) is 18.7. The van der Waals surface area contributed by atoms with Crippen molar-refractivity contribution < 1.29 is 4.74 Å². The SMILES string of the molecule is C[C@@]1(Cc2ccc(C#N)cc2)CCC(c2ccccc2)(c2ccccc2)O1. The Hall–Kier alpha value is -2.89. The molecule has 3 aromatic carbocycles. The summed E-state index contributed by atoms with van der Waals surface area (Å²) in [6.45, 7) is 2.21. The van der Waals surface area contributed by atoms with Gasteiger partial charge in [0.1, 0.15) is 5.60 Å². The highest BCUT2D eigenvalue weighted by Gasteiger charge is 2.48. The van der Waals surface area contributed by atoms with E-state index in [0.717, 1.165) is 19.3 Å². The highest BCUT2D eigenvalue weighted by molar-refractivity contribution is 5.38. The van der Waals surface area contributed by atoms with Gasteiger partial charge >= 0.3 is 0 Å². The monoisotopic (exact) mass is 353 g/mol. The number of hydrogen-bond acceptors (Lipinski definition) is 2. The Bertz CT molecular complexity index is 902. The molecule has 0 aromatic heterocycles. The number of benzene rings is 3. The van der Waals surface area contributed by atoms with Crippen molar-refractivity contribution in [1.29, 1.82) is 5.26 Å². The van der Waals surface area contributed by atoms with Gasteiger partial charge in [0.2, 0.25) is 0 Å². The summed E-state index contributed by atoms with van der Waals surface area (Å²) in [5.74, 6) is 0. The molecule has 0 spiro atoms. The van der Waals surface area contributed by atoms with Crippen LogP contribution >= 0.6 is 0 Å². The van der Waals surface area contributed by atoms with E-state index in [4.69, 9.17) is 10.00 Å². The van der Waals surface area contributed by atoms with Crippen LogP contribution in [0.2, 0.25) is 0 Å². The molecule has 134 valence electrons. The Morgan fingerprint density at radius 1 is 0.815 bits per heavy atom. The maximum absolute atomic E-state index is 9.01. The van der Waals surface area contributed by atoms with Gasteiger partial charge in [-0.25, -0.2) is 0 Å². The summed E-state index contributed by atoms with van der Waals surface area (Å²) in [5, 5.41) is 9.01. The Labute approximate surface area is 161 Å². The quantitative estimate of drug-likeness (QED) is 0.610. The maximum atomic E-state index is 9.01. The van der Waals surface area contributed by atoms with E-state index in [9.17, 15) is 0 Å². The van der Waals surface area contributed by atoms with Crippen molar-refractivity contribution in [2.24, 2.45) is 0 Å². The van der Waals surface area contributed by atoms with Crippen LogP contribution in [0.15, 0.2) is 84.9 Å². The Morgan fingerprint density at radius 3 is 1.89 bits per heavy atom. The van der Waals surface area contributed by atoms with E-state index in [1.807, 2.05) is 36.4 Å². The van der Waals surface area contributed by atoms with E-state index in [0.29, 0.717) is 5.56 Å². The second-order valence-corrected chi connectivity index (χ2v) is 7.60. The minimum atomic E-state index is -0.413. The van der Waals surface area contributed by atoms with E-state index in [1.165, 1.54) is 16.7 Å². The van der Waals surface area contributed by atoms with Gasteiger partial charge in [-0.05, 0) is 48.6 Å². The van der Waals surface area contributed by atoms with Crippen molar-refractivity contribution >= 4 is 0 Å². The first-order valence-electron chi connectivity index (χ1n) is 9.44. The molecule has 2 heteroatoms. The van der Waals surface area contributed by atoms with Crippen LogP contribution in [-0.2, 0) is 16.8 Å². The molecule has 1 atom stereocenters. The number of ether oxygens (including phenoxy) is 1. The lowest BCUT2D eigenvalue weighted by atomic mass is 9.83. The van der Waals surface area contributed by atoms with Gasteiger partial charge in [0.05, 0.1) is 17.2 Å². The molecule has 1 fully saturated rings. The van der Waals surface area contributed by atoms with Crippen LogP contribution in [0.5, 0.6) is 0 Å². The minimum absolute atomic E-state index is 0.250. The average molecular weight is 353 g/mol. The van der Waals surface area contributed by atoms with Gasteiger partial charge in [-0.3, -0.25) is 0 Å². The predicted molar refractivity (Wildman–Crippen MR) is 107 cm³/mol. The molecule has 0 amide bonds. The van der Waals surface area contributed by atoms with E-state index in [1.54, 1.807) is 0 Å². The molecule has 0 bridgehead atoms. The molecule has 4 rings (SSSR count). The first kappa shape index (κ1) is 17.5. The van der Waals surface area contributed by atoms with Crippen LogP contribution in [0.3, 0.4) is 0 Å². The fraction of sp³-hybridized carbons (Fsp3) is 0.240. The number of nitriles is 1. The summed E-state index contributed by atoms with van der Waals surface area (Å²) < 4.78 is 6.90. The smallest absolute Gasteiger partial charge is 0.119 e. The van der Waals surface area contributed by atoms with Crippen molar-refractivity contribution in [3.05, 3.63) is 107 Å². The van der Waals surface area contributed by atoms with Gasteiger partial charge in [0.25, 0.3) is 0 Å². The van der Waals surface area contributed by atoms with Crippen molar-refractivity contribution in [2.75, 3.05) is 0 Å². The number of rotatable bonds is 4. The fourth-order valence-corrected chi connectivity index (χ4v) is 4.20. The van der Waals surface area contributed by atoms with Crippen LogP contribution in [-0.4, -0.2) is 5.60 Å². The lowest BCUT2D eigenvalue weighted by molar-refractivity contribution is -0.0764. The van der Waals surface area contributed by atoms with Gasteiger partial charge in [0, 0.05) is 6.42 Å². The topological polar surface area (TPSA) is 33.0 Å². The summed E-state index contributed by atoms with van der Waals surface area (Å²) in [4.78, 5) is 0. The molecule has 1 heterocycles. The summed E-state index contributed by atoms with van der Waals surface area (Å²) in [6.07, 6.45) is 2.77. The predicted octanol–water partition coefficient (Wildman–Crippen LogP) is 5.61. The first-order valence-corrected chi connectivity index (χ1v) is 9.44. The standard InChI is InChI=1S/C25H23NO/c1-24(18-20-12-14-21(19-26)15-13-20)16-17-25(27-24,22-8-4-2-5-9-22)23-10-6-3-7-11-23/h2-15H,16-18H2,1H3/t24-/m0/s1. The van der Waals surface area contributed by atoms with Crippen LogP contribution in [0.4, 0.5) is 0 Å². The van der Waals surface area contributed by atoms with Gasteiger partial charge in [0.15, 0.2) is 0 Å². The average Bonchev–Trinajstić information content (AvgIpc) is 3.08. The molecule has 1 saturated heterocycles. The van der Waals surface area contributed by atoms with Crippen molar-refractivity contribution in [2.45, 2.75) is 37.4 Å². The molecule has 0 N–H and O–H groups in total. The second-order valence-electron chi connectivity index (χ2n) is 7.60. The van der Waals surface area contributed by atoms with E-state index < -0.39 is 5.60 Å². The maximum Gasteiger partial charge on any atom is 0.119 e. The summed E-state index contributed by atoms with van der Waals surface area (Å²) in [6, 6.07) is 31.1. The molecule has 0 unspecified atom stereocenters. The largest absolute Gasteiger partial charge is 0.359 e. The van der Waals surface area contributed by atoms with Crippen LogP contribution in [0, 0.1) is 11.3 Å². The lowest BCUT2D eigenvalue weighted by Gasteiger charge is -2.34. The Balaban J connectivity index is 1.68. The third-order valence-corrected chi connectivity index (χ3v) is 5.57. The molecular weight excluding hydrogens is 330 g/mol. The summed E-state index contributed by atoms with van der Waals surface area (Å²) in [7, 11) is 0. The Morgan fingerprint density at radius 2 is 1.37 bits per heavy atom. The molecule has 0 saturated carbocycles. The molecule has 0 radical (unpaired) electrons. The van der Waals surface area contributed by atoms with Gasteiger partial charge in [-0.2, -0.15) is 5.26 Å². The molecule has 1 aliphatic heterocycles. The van der Waals surface area contributed by atoms with E-state index in [-0.39, 0.29) is 5.60 Å². The minimum Gasteiger partial charge on any atom is -0.359 e. The van der Waals surface area contributed by atoms with Crippen molar-refractivity contribution in [3.63, 3.8) is 0 Å². The highest BCUT2D eigenvalue weighted by Crippen LogP contribution is 2.49. The van der Waals surface area contributed by atoms with Gasteiger partial charge in [-0.1, -0.05) is 72.8 Å². The molecule has 1 aliphatic rings. The zero-order valence-electron chi connectivity index (χ0n) is 15.6. The number of nitrogens with zero attached hydrogens (tertiary/aromatic N) is 1. The summed E-state index contributed by atoms with van der Waals surface area (Å²) in [5.41, 5.74) is 3.65. The normalized spacial score (nSPS) is 20.9. The zero-order valence-corrected chi connectivity index (χ0v) is 15.6. The van der Waals surface area contributed by atoms with Crippen LogP contribution in [0.25, 0.3) is 0 Å². The lowest BCUT2D eigenvalue weighted by Crippen LogP contribution is -2.34. The van der Waals surface area contributed by atoms with Crippen LogP contribution in [0.1, 0.15) is 42.0 Å². The third kappa shape index (κ3) is 3.39. The highest BCUT2D eigenvalue weighted by atomic mass is 16.5. The molecule has 0 aliphatic carbocycles. The Kier molecular flexibility index (Phi) is 4.56. The van der Waals surface area contributed by atoms with Crippen LogP contribution < -0.4 is 0 Å². The number of hydrogen-bond donors (Lipinski definition) is 0. The molecule has 27 heavy (non-hydrogen) atoms. The molecule has 2 nitrogen and oxygen atoms in total. The fourth-order valence-electron chi connectivity index (χ4n) is 4.20. The third-order valence-electron chi connectivity index (χ3n) is 5.57. The van der Waals surface area contributed by atoms with Gasteiger partial charge in [-0.15, -0.1) is 0 Å².